The maximum absolute atomic E-state index is 12.5. The van der Waals surface area contributed by atoms with Crippen LogP contribution in [0.1, 0.15) is 21.6 Å². The summed E-state index contributed by atoms with van der Waals surface area (Å²) in [6.07, 6.45) is 6.86. The number of rotatable bonds is 8. The van der Waals surface area contributed by atoms with Crippen LogP contribution in [0.3, 0.4) is 0 Å². The van der Waals surface area contributed by atoms with E-state index in [1.165, 1.54) is 5.56 Å². The summed E-state index contributed by atoms with van der Waals surface area (Å²) in [5.74, 6) is -0.0838. The van der Waals surface area contributed by atoms with E-state index in [4.69, 9.17) is 11.6 Å². The number of aromatic nitrogens is 2. The molecule has 144 valence electrons. The van der Waals surface area contributed by atoms with Gasteiger partial charge < -0.3 is 10.2 Å². The highest BCUT2D eigenvalue weighted by Gasteiger charge is 2.13. The Morgan fingerprint density at radius 3 is 2.61 bits per heavy atom. The lowest BCUT2D eigenvalue weighted by Gasteiger charge is -2.17. The summed E-state index contributed by atoms with van der Waals surface area (Å²) in [6, 6.07) is 15.4. The summed E-state index contributed by atoms with van der Waals surface area (Å²) < 4.78 is 0. The number of hydrogen-bond acceptors (Lipinski definition) is 4. The molecule has 0 atom stereocenters. The highest BCUT2D eigenvalue weighted by atomic mass is 35.5. The van der Waals surface area contributed by atoms with Gasteiger partial charge in [-0.25, -0.2) is 4.98 Å². The molecule has 28 heavy (non-hydrogen) atoms. The molecule has 0 unspecified atom stereocenters. The van der Waals surface area contributed by atoms with Gasteiger partial charge in [0.2, 0.25) is 0 Å². The maximum Gasteiger partial charge on any atom is 0.272 e. The zero-order chi connectivity index (χ0) is 19.8. The van der Waals surface area contributed by atoms with Crippen LogP contribution in [0.4, 0.5) is 5.69 Å². The van der Waals surface area contributed by atoms with Crippen LogP contribution >= 0.6 is 11.6 Å². The van der Waals surface area contributed by atoms with Crippen molar-refractivity contribution in [3.05, 3.63) is 89.0 Å². The average molecular weight is 395 g/mol. The zero-order valence-electron chi connectivity index (χ0n) is 15.8. The van der Waals surface area contributed by atoms with Gasteiger partial charge in [0.15, 0.2) is 0 Å². The van der Waals surface area contributed by atoms with Crippen LogP contribution in [0.5, 0.6) is 0 Å². The lowest BCUT2D eigenvalue weighted by molar-refractivity contribution is 0.0791. The van der Waals surface area contributed by atoms with Crippen LogP contribution in [-0.2, 0) is 12.8 Å². The molecule has 5 nitrogen and oxygen atoms in total. The number of nitrogens with zero attached hydrogens (tertiary/aromatic N) is 3. The third-order valence-electron chi connectivity index (χ3n) is 4.45. The normalized spacial score (nSPS) is 10.5. The number of hydrogen-bond donors (Lipinski definition) is 1. The second kappa shape index (κ2) is 9.85. The van der Waals surface area contributed by atoms with Crippen LogP contribution in [0.15, 0.2) is 67.1 Å². The van der Waals surface area contributed by atoms with Crippen LogP contribution in [0.2, 0.25) is 5.02 Å². The number of carbonyl (C=O) groups is 1. The number of pyridine rings is 2. The molecule has 1 aromatic carbocycles. The van der Waals surface area contributed by atoms with Gasteiger partial charge in [-0.3, -0.25) is 9.78 Å². The first-order valence-corrected chi connectivity index (χ1v) is 9.58. The molecule has 1 N–H and O–H groups in total. The first kappa shape index (κ1) is 19.8. The van der Waals surface area contributed by atoms with E-state index < -0.39 is 0 Å². The van der Waals surface area contributed by atoms with Gasteiger partial charge >= 0.3 is 0 Å². The first-order valence-electron chi connectivity index (χ1n) is 9.20. The van der Waals surface area contributed by atoms with E-state index in [9.17, 15) is 4.79 Å². The fraction of sp³-hybridized carbons (Fsp3) is 0.227. The largest absolute Gasteiger partial charge is 0.383 e. The van der Waals surface area contributed by atoms with Crippen molar-refractivity contribution in [2.75, 3.05) is 25.5 Å². The Balaban J connectivity index is 1.48. The molecule has 2 aromatic heterocycles. The predicted molar refractivity (Wildman–Crippen MR) is 113 cm³/mol. The minimum atomic E-state index is -0.0838. The molecule has 3 rings (SSSR count). The third kappa shape index (κ3) is 5.79. The Bertz CT molecular complexity index is 900. The zero-order valence-corrected chi connectivity index (χ0v) is 16.6. The molecule has 0 spiro atoms. The van der Waals surface area contributed by atoms with E-state index in [1.807, 2.05) is 36.4 Å². The van der Waals surface area contributed by atoms with Crippen molar-refractivity contribution < 1.29 is 4.79 Å². The first-order chi connectivity index (χ1) is 13.6. The van der Waals surface area contributed by atoms with Crippen LogP contribution in [0, 0.1) is 0 Å². The SMILES string of the molecule is CN(CCc1ccncc1)C(=O)c1ccc(NCCc2cccc(Cl)c2)cn1. The second-order valence-corrected chi connectivity index (χ2v) is 7.01. The smallest absolute Gasteiger partial charge is 0.272 e. The summed E-state index contributed by atoms with van der Waals surface area (Å²) in [5, 5.41) is 4.06. The number of likely N-dealkylation sites (N-methyl/N-ethyl adjacent to an activating group) is 1. The van der Waals surface area contributed by atoms with E-state index in [0.717, 1.165) is 35.7 Å². The topological polar surface area (TPSA) is 58.1 Å². The number of amides is 1. The van der Waals surface area contributed by atoms with Crippen molar-refractivity contribution in [3.63, 3.8) is 0 Å². The Morgan fingerprint density at radius 2 is 1.89 bits per heavy atom. The molecule has 0 saturated heterocycles. The molecule has 0 aliphatic rings. The van der Waals surface area contributed by atoms with Gasteiger partial charge in [-0.05, 0) is 60.4 Å². The highest BCUT2D eigenvalue weighted by Crippen LogP contribution is 2.12. The number of halogens is 1. The standard InChI is InChI=1S/C22H23ClN4O/c1-27(14-10-17-7-11-24-12-8-17)22(28)21-6-5-20(16-26-21)25-13-9-18-3-2-4-19(23)15-18/h2-8,11-12,15-16,25H,9-10,13-14H2,1H3. The maximum atomic E-state index is 12.5. The van der Waals surface area contributed by atoms with Gasteiger partial charge in [-0.2, -0.15) is 0 Å². The molecule has 6 heteroatoms. The monoisotopic (exact) mass is 394 g/mol. The molecular weight excluding hydrogens is 372 g/mol. The van der Waals surface area contributed by atoms with Gasteiger partial charge in [0.25, 0.3) is 5.91 Å². The van der Waals surface area contributed by atoms with Gasteiger partial charge in [-0.15, -0.1) is 0 Å². The fourth-order valence-electron chi connectivity index (χ4n) is 2.81. The fourth-order valence-corrected chi connectivity index (χ4v) is 3.02. The van der Waals surface area contributed by atoms with Crippen LogP contribution in [0.25, 0.3) is 0 Å². The number of nitrogens with one attached hydrogen (secondary N) is 1. The molecular formula is C22H23ClN4O. The Labute approximate surface area is 170 Å². The van der Waals surface area contributed by atoms with Gasteiger partial charge in [-0.1, -0.05) is 23.7 Å². The van der Waals surface area contributed by atoms with Crippen molar-refractivity contribution >= 4 is 23.2 Å². The molecule has 0 aliphatic heterocycles. The number of carbonyl (C=O) groups excluding carboxylic acids is 1. The summed E-state index contributed by atoms with van der Waals surface area (Å²) in [5.41, 5.74) is 3.66. The van der Waals surface area contributed by atoms with E-state index in [-0.39, 0.29) is 5.91 Å². The van der Waals surface area contributed by atoms with Crippen molar-refractivity contribution in [2.24, 2.45) is 0 Å². The molecule has 0 radical (unpaired) electrons. The summed E-state index contributed by atoms with van der Waals surface area (Å²) in [6.45, 7) is 1.39. The van der Waals surface area contributed by atoms with Crippen molar-refractivity contribution in [1.29, 1.82) is 0 Å². The van der Waals surface area contributed by atoms with Gasteiger partial charge in [0.05, 0.1) is 11.9 Å². The quantitative estimate of drug-likeness (QED) is 0.625. The number of anilines is 1. The average Bonchev–Trinajstić information content (AvgIpc) is 2.73. The summed E-state index contributed by atoms with van der Waals surface area (Å²) in [7, 11) is 1.79. The van der Waals surface area contributed by atoms with Gasteiger partial charge in [0, 0.05) is 37.6 Å². The molecule has 1 amide bonds. The number of benzene rings is 1. The van der Waals surface area contributed by atoms with E-state index in [2.05, 4.69) is 21.4 Å². The van der Waals surface area contributed by atoms with Crippen molar-refractivity contribution in [1.82, 2.24) is 14.9 Å². The third-order valence-corrected chi connectivity index (χ3v) is 4.68. The minimum absolute atomic E-state index is 0.0838. The highest BCUT2D eigenvalue weighted by molar-refractivity contribution is 6.30. The summed E-state index contributed by atoms with van der Waals surface area (Å²) >= 11 is 6.00. The van der Waals surface area contributed by atoms with Crippen molar-refractivity contribution in [2.45, 2.75) is 12.8 Å². The molecule has 3 aromatic rings. The van der Waals surface area contributed by atoms with E-state index >= 15 is 0 Å². The summed E-state index contributed by atoms with van der Waals surface area (Å²) in [4.78, 5) is 22.5. The predicted octanol–water partition coefficient (Wildman–Crippen LogP) is 4.10. The lowest BCUT2D eigenvalue weighted by Crippen LogP contribution is -2.29. The van der Waals surface area contributed by atoms with E-state index in [0.29, 0.717) is 12.2 Å². The minimum Gasteiger partial charge on any atom is -0.383 e. The van der Waals surface area contributed by atoms with Crippen LogP contribution in [-0.4, -0.2) is 40.9 Å². The second-order valence-electron chi connectivity index (χ2n) is 6.57. The molecule has 0 fully saturated rings. The Morgan fingerprint density at radius 1 is 1.07 bits per heavy atom. The molecule has 2 heterocycles. The lowest BCUT2D eigenvalue weighted by atomic mass is 10.1. The molecule has 0 bridgehead atoms. The molecule has 0 saturated carbocycles. The Hall–Kier alpha value is -2.92. The molecule has 0 aliphatic carbocycles. The Kier molecular flexibility index (Phi) is 6.98. The van der Waals surface area contributed by atoms with Gasteiger partial charge in [0.1, 0.15) is 5.69 Å². The van der Waals surface area contributed by atoms with Crippen molar-refractivity contribution in [3.8, 4) is 0 Å². The van der Waals surface area contributed by atoms with Crippen LogP contribution < -0.4 is 5.32 Å². The van der Waals surface area contributed by atoms with E-state index in [1.54, 1.807) is 36.6 Å².